The number of anilines is 1. The Morgan fingerprint density at radius 3 is 2.84 bits per heavy atom. The van der Waals surface area contributed by atoms with Crippen LogP contribution in [0.5, 0.6) is 0 Å². The average Bonchev–Trinajstić information content (AvgIpc) is 2.62. The molecule has 3 rings (SSSR count). The Morgan fingerprint density at radius 2 is 2.08 bits per heavy atom. The molecular weight excluding hydrogens is 312 g/mol. The van der Waals surface area contributed by atoms with Crippen molar-refractivity contribution in [3.8, 4) is 0 Å². The van der Waals surface area contributed by atoms with Crippen molar-refractivity contribution in [1.82, 2.24) is 14.9 Å². The molecule has 134 valence electrons. The monoisotopic (exact) mass is 340 g/mol. The second kappa shape index (κ2) is 8.41. The highest BCUT2D eigenvalue weighted by Gasteiger charge is 2.20. The number of aryl methyl sites for hydroxylation is 2. The minimum Gasteiger partial charge on any atom is -0.376 e. The van der Waals surface area contributed by atoms with E-state index in [0.29, 0.717) is 6.10 Å². The largest absolute Gasteiger partial charge is 0.376 e. The highest BCUT2D eigenvalue weighted by molar-refractivity contribution is 5.39. The van der Waals surface area contributed by atoms with E-state index in [1.807, 2.05) is 38.3 Å². The standard InChI is InChI=1S/C20H28N4O/c1-16-4-5-18(13-22-16)14-24-10-11-25-19(15-24)7-6-17-8-9-21-20(12-17)23(2)3/h4-5,8-9,12-13,19H,6-7,10-11,14-15H2,1-3H3. The van der Waals surface area contributed by atoms with E-state index < -0.39 is 0 Å². The first-order valence-electron chi connectivity index (χ1n) is 8.98. The Labute approximate surface area is 150 Å². The summed E-state index contributed by atoms with van der Waals surface area (Å²) in [6.45, 7) is 5.76. The van der Waals surface area contributed by atoms with E-state index in [2.05, 4.69) is 39.1 Å². The predicted octanol–water partition coefficient (Wildman–Crippen LogP) is 2.68. The zero-order chi connectivity index (χ0) is 17.6. The summed E-state index contributed by atoms with van der Waals surface area (Å²) in [6.07, 6.45) is 6.24. The molecule has 0 radical (unpaired) electrons. The molecule has 0 saturated carbocycles. The third-order valence-corrected chi connectivity index (χ3v) is 4.62. The molecule has 0 bridgehead atoms. The van der Waals surface area contributed by atoms with E-state index >= 15 is 0 Å². The topological polar surface area (TPSA) is 41.5 Å². The predicted molar refractivity (Wildman–Crippen MR) is 101 cm³/mol. The summed E-state index contributed by atoms with van der Waals surface area (Å²) in [6, 6.07) is 8.52. The zero-order valence-corrected chi connectivity index (χ0v) is 15.5. The zero-order valence-electron chi connectivity index (χ0n) is 15.5. The van der Waals surface area contributed by atoms with E-state index in [1.54, 1.807) is 0 Å². The van der Waals surface area contributed by atoms with Crippen LogP contribution >= 0.6 is 0 Å². The van der Waals surface area contributed by atoms with Crippen LogP contribution in [-0.2, 0) is 17.7 Å². The van der Waals surface area contributed by atoms with Crippen LogP contribution in [0.2, 0.25) is 0 Å². The van der Waals surface area contributed by atoms with Crippen molar-refractivity contribution in [1.29, 1.82) is 0 Å². The second-order valence-electron chi connectivity index (χ2n) is 6.99. The van der Waals surface area contributed by atoms with E-state index in [-0.39, 0.29) is 0 Å². The van der Waals surface area contributed by atoms with Gasteiger partial charge in [0.15, 0.2) is 0 Å². The van der Waals surface area contributed by atoms with Crippen LogP contribution in [0, 0.1) is 6.92 Å². The minimum absolute atomic E-state index is 0.295. The molecule has 1 fully saturated rings. The number of hydrogen-bond acceptors (Lipinski definition) is 5. The molecule has 1 atom stereocenters. The summed E-state index contributed by atoms with van der Waals surface area (Å²) in [7, 11) is 4.04. The molecule has 5 heteroatoms. The maximum atomic E-state index is 5.98. The summed E-state index contributed by atoms with van der Waals surface area (Å²) in [5, 5.41) is 0. The van der Waals surface area contributed by atoms with Crippen LogP contribution in [0.4, 0.5) is 5.82 Å². The van der Waals surface area contributed by atoms with Crippen molar-refractivity contribution in [2.75, 3.05) is 38.7 Å². The van der Waals surface area contributed by atoms with Crippen LogP contribution < -0.4 is 4.90 Å². The highest BCUT2D eigenvalue weighted by atomic mass is 16.5. The number of nitrogens with zero attached hydrogens (tertiary/aromatic N) is 4. The van der Waals surface area contributed by atoms with Gasteiger partial charge in [-0.25, -0.2) is 4.98 Å². The smallest absolute Gasteiger partial charge is 0.128 e. The first kappa shape index (κ1) is 17.8. The lowest BCUT2D eigenvalue weighted by Gasteiger charge is -2.33. The van der Waals surface area contributed by atoms with Crippen molar-refractivity contribution in [3.05, 3.63) is 53.5 Å². The first-order valence-corrected chi connectivity index (χ1v) is 8.98. The van der Waals surface area contributed by atoms with E-state index in [9.17, 15) is 0 Å². The number of pyridine rings is 2. The van der Waals surface area contributed by atoms with Crippen LogP contribution in [-0.4, -0.2) is 54.8 Å². The summed E-state index contributed by atoms with van der Waals surface area (Å²) in [5.74, 6) is 1.01. The Bertz CT molecular complexity index is 672. The van der Waals surface area contributed by atoms with Gasteiger partial charge in [-0.05, 0) is 49.1 Å². The SMILES string of the molecule is Cc1ccc(CN2CCOC(CCc3ccnc(N(C)C)c3)C2)cn1. The Morgan fingerprint density at radius 1 is 1.20 bits per heavy atom. The van der Waals surface area contributed by atoms with Gasteiger partial charge in [0.05, 0.1) is 12.7 Å². The van der Waals surface area contributed by atoms with Gasteiger partial charge in [0.25, 0.3) is 0 Å². The van der Waals surface area contributed by atoms with Gasteiger partial charge in [-0.3, -0.25) is 9.88 Å². The fourth-order valence-electron chi connectivity index (χ4n) is 3.14. The van der Waals surface area contributed by atoms with Gasteiger partial charge in [0, 0.05) is 51.8 Å². The van der Waals surface area contributed by atoms with Crippen LogP contribution in [0.1, 0.15) is 23.2 Å². The number of morpholine rings is 1. The Hall–Kier alpha value is -1.98. The maximum Gasteiger partial charge on any atom is 0.128 e. The van der Waals surface area contributed by atoms with Gasteiger partial charge < -0.3 is 9.64 Å². The third-order valence-electron chi connectivity index (χ3n) is 4.62. The van der Waals surface area contributed by atoms with Crippen molar-refractivity contribution in [3.63, 3.8) is 0 Å². The number of aromatic nitrogens is 2. The molecule has 1 saturated heterocycles. The molecule has 0 aromatic carbocycles. The number of ether oxygens (including phenoxy) is 1. The molecule has 3 heterocycles. The fraction of sp³-hybridized carbons (Fsp3) is 0.500. The molecule has 0 amide bonds. The fourth-order valence-corrected chi connectivity index (χ4v) is 3.14. The molecule has 5 nitrogen and oxygen atoms in total. The molecule has 0 spiro atoms. The summed E-state index contributed by atoms with van der Waals surface area (Å²) in [5.41, 5.74) is 3.66. The molecule has 1 aliphatic rings. The summed E-state index contributed by atoms with van der Waals surface area (Å²) in [4.78, 5) is 13.3. The van der Waals surface area contributed by atoms with Gasteiger partial charge in [0.2, 0.25) is 0 Å². The second-order valence-corrected chi connectivity index (χ2v) is 6.99. The van der Waals surface area contributed by atoms with Gasteiger partial charge in [-0.2, -0.15) is 0 Å². The summed E-state index contributed by atoms with van der Waals surface area (Å²) < 4.78 is 5.98. The molecule has 2 aromatic rings. The molecular formula is C20H28N4O. The lowest BCUT2D eigenvalue weighted by molar-refractivity contribution is -0.0346. The number of rotatable bonds is 6. The highest BCUT2D eigenvalue weighted by Crippen LogP contribution is 2.16. The van der Waals surface area contributed by atoms with Crippen molar-refractivity contribution in [2.45, 2.75) is 32.4 Å². The van der Waals surface area contributed by atoms with Crippen molar-refractivity contribution < 1.29 is 4.74 Å². The minimum atomic E-state index is 0.295. The lowest BCUT2D eigenvalue weighted by atomic mass is 10.1. The average molecular weight is 340 g/mol. The molecule has 0 N–H and O–H groups in total. The van der Waals surface area contributed by atoms with E-state index in [4.69, 9.17) is 4.74 Å². The van der Waals surface area contributed by atoms with Gasteiger partial charge in [0.1, 0.15) is 5.82 Å². The van der Waals surface area contributed by atoms with Crippen LogP contribution in [0.3, 0.4) is 0 Å². The van der Waals surface area contributed by atoms with Crippen LogP contribution in [0.15, 0.2) is 36.7 Å². The molecule has 0 aliphatic carbocycles. The van der Waals surface area contributed by atoms with E-state index in [1.165, 1.54) is 11.1 Å². The number of hydrogen-bond donors (Lipinski definition) is 0. The van der Waals surface area contributed by atoms with Gasteiger partial charge >= 0.3 is 0 Å². The Kier molecular flexibility index (Phi) is 6.00. The molecule has 1 unspecified atom stereocenters. The summed E-state index contributed by atoms with van der Waals surface area (Å²) >= 11 is 0. The van der Waals surface area contributed by atoms with Gasteiger partial charge in [-0.1, -0.05) is 6.07 Å². The lowest BCUT2D eigenvalue weighted by Crippen LogP contribution is -2.42. The van der Waals surface area contributed by atoms with Crippen molar-refractivity contribution in [2.24, 2.45) is 0 Å². The van der Waals surface area contributed by atoms with Gasteiger partial charge in [-0.15, -0.1) is 0 Å². The molecule has 1 aliphatic heterocycles. The van der Waals surface area contributed by atoms with E-state index in [0.717, 1.165) is 50.6 Å². The van der Waals surface area contributed by atoms with Crippen molar-refractivity contribution >= 4 is 5.82 Å². The third kappa shape index (κ3) is 5.25. The first-order chi connectivity index (χ1) is 12.1. The normalized spacial score (nSPS) is 18.3. The maximum absolute atomic E-state index is 5.98. The quantitative estimate of drug-likeness (QED) is 0.809. The van der Waals surface area contributed by atoms with Crippen LogP contribution in [0.25, 0.3) is 0 Å². The molecule has 25 heavy (non-hydrogen) atoms. The molecule has 2 aromatic heterocycles. The Balaban J connectivity index is 1.51.